The normalized spacial score (nSPS) is 22.2. The highest BCUT2D eigenvalue weighted by atomic mass is 32.2. The topological polar surface area (TPSA) is 173 Å². The molecule has 2 aromatic heterocycles. The summed E-state index contributed by atoms with van der Waals surface area (Å²) in [7, 11) is -2.48. The number of carbonyl (C=O) groups excluding carboxylic acids is 1. The van der Waals surface area contributed by atoms with Crippen LogP contribution in [0.3, 0.4) is 0 Å². The van der Waals surface area contributed by atoms with E-state index in [9.17, 15) is 9.00 Å². The van der Waals surface area contributed by atoms with Gasteiger partial charge in [0.15, 0.2) is 0 Å². The maximum absolute atomic E-state index is 12.8. The first-order chi connectivity index (χ1) is 17.7. The number of amides is 1. The van der Waals surface area contributed by atoms with Crippen molar-refractivity contribution in [1.82, 2.24) is 19.7 Å². The number of rotatable bonds is 8. The van der Waals surface area contributed by atoms with E-state index in [1.54, 1.807) is 35.3 Å². The Kier molecular flexibility index (Phi) is 6.67. The molecule has 12 heteroatoms. The first-order valence-electron chi connectivity index (χ1n) is 12.3. The van der Waals surface area contributed by atoms with Crippen molar-refractivity contribution in [1.29, 1.82) is 10.2 Å². The average molecular weight is 523 g/mol. The number of nitrogens with one attached hydrogen (secondary N) is 3. The highest BCUT2D eigenvalue weighted by molar-refractivity contribution is 7.92. The molecule has 3 aromatic rings. The third-order valence-electron chi connectivity index (χ3n) is 6.68. The quantitative estimate of drug-likeness (QED) is 0.258. The van der Waals surface area contributed by atoms with E-state index >= 15 is 0 Å². The summed E-state index contributed by atoms with van der Waals surface area (Å²) in [4.78, 5) is 21.8. The highest BCUT2D eigenvalue weighted by Gasteiger charge is 2.27. The van der Waals surface area contributed by atoms with Crippen LogP contribution < -0.4 is 15.8 Å². The number of nitrogens with two attached hydrogens (primary N) is 1. The molecule has 1 aromatic carbocycles. The van der Waals surface area contributed by atoms with Crippen molar-refractivity contribution in [2.45, 2.75) is 50.7 Å². The molecule has 3 heterocycles. The van der Waals surface area contributed by atoms with E-state index in [0.717, 1.165) is 24.4 Å². The first kappa shape index (κ1) is 24.9. The smallest absolute Gasteiger partial charge is 0.274 e. The zero-order valence-corrected chi connectivity index (χ0v) is 21.3. The molecule has 1 amide bonds. The molecule has 2 fully saturated rings. The van der Waals surface area contributed by atoms with Crippen molar-refractivity contribution in [2.75, 3.05) is 22.6 Å². The van der Waals surface area contributed by atoms with Gasteiger partial charge in [-0.2, -0.15) is 5.10 Å². The molecule has 1 aliphatic carbocycles. The van der Waals surface area contributed by atoms with Crippen molar-refractivity contribution in [2.24, 2.45) is 0 Å². The number of ether oxygens (including phenoxy) is 1. The van der Waals surface area contributed by atoms with E-state index in [4.69, 9.17) is 20.7 Å². The zero-order valence-electron chi connectivity index (χ0n) is 20.5. The minimum atomic E-state index is -2.48. The third kappa shape index (κ3) is 5.79. The maximum atomic E-state index is 12.8. The molecule has 37 heavy (non-hydrogen) atoms. The molecule has 11 nitrogen and oxygen atoms in total. The van der Waals surface area contributed by atoms with Crippen LogP contribution in [0.1, 0.15) is 67.8 Å². The van der Waals surface area contributed by atoms with Gasteiger partial charge in [0, 0.05) is 50.8 Å². The number of benzene rings is 1. The molecule has 1 saturated carbocycles. The minimum Gasteiger partial charge on any atom is -0.484 e. The lowest BCUT2D eigenvalue weighted by atomic mass is 10.1. The van der Waals surface area contributed by atoms with Gasteiger partial charge < -0.3 is 15.8 Å². The van der Waals surface area contributed by atoms with Crippen LogP contribution in [-0.2, 0) is 14.5 Å². The Bertz CT molecular complexity index is 1430. The highest BCUT2D eigenvalue weighted by Crippen LogP contribution is 2.38. The second kappa shape index (κ2) is 9.92. The number of anilines is 2. The predicted octanol–water partition coefficient (Wildman–Crippen LogP) is 3.66. The summed E-state index contributed by atoms with van der Waals surface area (Å²) in [5.74, 6) is 1.81. The Morgan fingerprint density at radius 2 is 2.00 bits per heavy atom. The number of aromatic nitrogens is 4. The van der Waals surface area contributed by atoms with Gasteiger partial charge in [-0.25, -0.2) is 14.2 Å². The van der Waals surface area contributed by atoms with Crippen molar-refractivity contribution in [3.8, 4) is 5.75 Å². The van der Waals surface area contributed by atoms with Gasteiger partial charge in [-0.3, -0.25) is 19.7 Å². The van der Waals surface area contributed by atoms with Gasteiger partial charge in [0.1, 0.15) is 23.4 Å². The molecule has 5 rings (SSSR count). The van der Waals surface area contributed by atoms with E-state index in [-0.39, 0.29) is 29.1 Å². The van der Waals surface area contributed by atoms with Crippen molar-refractivity contribution >= 4 is 32.7 Å². The summed E-state index contributed by atoms with van der Waals surface area (Å²) in [6, 6.07) is 6.75. The van der Waals surface area contributed by atoms with E-state index in [0.29, 0.717) is 41.7 Å². The van der Waals surface area contributed by atoms with Gasteiger partial charge in [-0.05, 0) is 56.9 Å². The van der Waals surface area contributed by atoms with Gasteiger partial charge in [-0.15, -0.1) is 0 Å². The van der Waals surface area contributed by atoms with Crippen LogP contribution >= 0.6 is 0 Å². The minimum absolute atomic E-state index is 0.0340. The van der Waals surface area contributed by atoms with Crippen molar-refractivity contribution < 1.29 is 13.7 Å². The monoisotopic (exact) mass is 522 g/mol. The van der Waals surface area contributed by atoms with Crippen LogP contribution in [0.25, 0.3) is 0 Å². The van der Waals surface area contributed by atoms with Crippen LogP contribution in [0, 0.1) is 10.2 Å². The number of nitrogens with zero attached hydrogens (tertiary/aromatic N) is 4. The molecule has 1 aliphatic heterocycles. The molecular weight excluding hydrogens is 492 g/mol. The summed E-state index contributed by atoms with van der Waals surface area (Å²) in [6.07, 6.45) is 8.02. The fourth-order valence-electron chi connectivity index (χ4n) is 4.32. The predicted molar refractivity (Wildman–Crippen MR) is 140 cm³/mol. The molecular formula is C25H30N8O3S. The molecule has 0 radical (unpaired) electrons. The Hall–Kier alpha value is -3.80. The number of carbonyl (C=O) groups is 1. The standard InChI is InChI=1S/C25H30N8O3S/c1-15(22-6-9-29-24(32-22)16-2-3-16)36-19-4-5-21(26)20(12-19)23(27)25(34)31-17-13-30-33(14-17)18-7-10-37(28,35)11-8-18/h4-6,9,12-16,18,27-28H,2-3,7-8,10-11,26H2,1H3,(H,31,34). The van der Waals surface area contributed by atoms with Gasteiger partial charge in [0.2, 0.25) is 0 Å². The van der Waals surface area contributed by atoms with E-state index < -0.39 is 15.6 Å². The van der Waals surface area contributed by atoms with Crippen LogP contribution in [0.15, 0.2) is 42.9 Å². The van der Waals surface area contributed by atoms with Gasteiger partial charge in [0.25, 0.3) is 5.91 Å². The number of hydrogen-bond acceptors (Lipinski definition) is 9. The second-order valence-electron chi connectivity index (χ2n) is 9.61. The molecule has 1 saturated heterocycles. The molecule has 5 N–H and O–H groups in total. The number of hydrogen-bond donors (Lipinski definition) is 4. The molecule has 2 aliphatic rings. The Morgan fingerprint density at radius 1 is 1.24 bits per heavy atom. The molecule has 194 valence electrons. The summed E-state index contributed by atoms with van der Waals surface area (Å²) >= 11 is 0. The Labute approximate surface area is 215 Å². The van der Waals surface area contributed by atoms with Crippen LogP contribution in [0.2, 0.25) is 0 Å². The summed E-state index contributed by atoms with van der Waals surface area (Å²) < 4.78 is 27.4. The lowest BCUT2D eigenvalue weighted by molar-refractivity contribution is -0.110. The summed E-state index contributed by atoms with van der Waals surface area (Å²) in [6.45, 7) is 1.89. The average Bonchev–Trinajstić information content (AvgIpc) is 3.64. The fraction of sp³-hybridized carbons (Fsp3) is 0.400. The van der Waals surface area contributed by atoms with Gasteiger partial charge >= 0.3 is 0 Å². The van der Waals surface area contributed by atoms with E-state index in [2.05, 4.69) is 20.4 Å². The molecule has 1 atom stereocenters. The Morgan fingerprint density at radius 3 is 2.73 bits per heavy atom. The number of nitrogen functional groups attached to an aromatic ring is 1. The lowest BCUT2D eigenvalue weighted by Gasteiger charge is -2.23. The maximum Gasteiger partial charge on any atom is 0.274 e. The van der Waals surface area contributed by atoms with Gasteiger partial charge in [-0.1, -0.05) is 0 Å². The summed E-state index contributed by atoms with van der Waals surface area (Å²) in [5.41, 5.74) is 7.55. The van der Waals surface area contributed by atoms with Crippen LogP contribution in [0.5, 0.6) is 5.75 Å². The lowest BCUT2D eigenvalue weighted by Crippen LogP contribution is -2.25. The largest absolute Gasteiger partial charge is 0.484 e. The molecule has 0 bridgehead atoms. The second-order valence-corrected chi connectivity index (χ2v) is 12.1. The summed E-state index contributed by atoms with van der Waals surface area (Å²) in [5, 5.41) is 15.5. The van der Waals surface area contributed by atoms with Crippen molar-refractivity contribution in [3.05, 3.63) is 59.9 Å². The SMILES string of the molecule is CC(Oc1ccc(N)c(C(=N)C(=O)Nc2cnn(C3CCS(=N)(=O)CC3)c2)c1)c1ccnc(C2CC2)n1. The first-order valence-corrected chi connectivity index (χ1v) is 14.2. The molecule has 1 unspecified atom stereocenters. The third-order valence-corrected chi connectivity index (χ3v) is 8.47. The van der Waals surface area contributed by atoms with E-state index in [1.807, 2.05) is 13.0 Å². The van der Waals surface area contributed by atoms with E-state index in [1.165, 1.54) is 6.20 Å². The molecule has 0 spiro atoms. The van der Waals surface area contributed by atoms with Gasteiger partial charge in [0.05, 0.1) is 23.6 Å². The van der Waals surface area contributed by atoms with Crippen LogP contribution in [-0.4, -0.2) is 47.1 Å². The fourth-order valence-corrected chi connectivity index (χ4v) is 5.83. The Balaban J connectivity index is 1.24. The van der Waals surface area contributed by atoms with Crippen molar-refractivity contribution in [3.63, 3.8) is 0 Å². The van der Waals surface area contributed by atoms with Crippen LogP contribution in [0.4, 0.5) is 11.4 Å². The zero-order chi connectivity index (χ0) is 26.2.